The zero-order valence-corrected chi connectivity index (χ0v) is 11.4. The van der Waals surface area contributed by atoms with Gasteiger partial charge in [-0.15, -0.1) is 0 Å². The summed E-state index contributed by atoms with van der Waals surface area (Å²) in [6, 6.07) is 0. The minimum Gasteiger partial charge on any atom is -0.300 e. The van der Waals surface area contributed by atoms with Gasteiger partial charge < -0.3 is 0 Å². The Morgan fingerprint density at radius 2 is 2.18 bits per heavy atom. The molecule has 1 saturated carbocycles. The third-order valence-electron chi connectivity index (χ3n) is 2.99. The third kappa shape index (κ3) is 1.68. The number of nitrogens with zero attached hydrogens (tertiary/aromatic N) is 3. The number of halogens is 2. The molecule has 0 aliphatic heterocycles. The van der Waals surface area contributed by atoms with Crippen LogP contribution < -0.4 is 0 Å². The predicted octanol–water partition coefficient (Wildman–Crippen LogP) is 2.90. The Balaban J connectivity index is 2.22. The molecule has 0 N–H and O–H groups in total. The summed E-state index contributed by atoms with van der Waals surface area (Å²) in [5.41, 5.74) is 1.60. The average molecular weight is 315 g/mol. The van der Waals surface area contributed by atoms with Gasteiger partial charge in [0.25, 0.3) is 0 Å². The lowest BCUT2D eigenvalue weighted by atomic mass is 9.83. The highest BCUT2D eigenvalue weighted by atomic mass is 79.9. The van der Waals surface area contributed by atoms with Crippen molar-refractivity contribution in [1.29, 1.82) is 0 Å². The zero-order valence-electron chi connectivity index (χ0n) is 9.07. The minimum atomic E-state index is 0.208. The minimum absolute atomic E-state index is 0.208. The van der Waals surface area contributed by atoms with Gasteiger partial charge in [0.2, 0.25) is 0 Å². The first-order chi connectivity index (χ1) is 8.06. The molecule has 17 heavy (non-hydrogen) atoms. The number of hydrogen-bond acceptors (Lipinski definition) is 3. The fourth-order valence-corrected chi connectivity index (χ4v) is 3.11. The molecule has 0 atom stereocenters. The van der Waals surface area contributed by atoms with E-state index in [0.717, 1.165) is 17.0 Å². The van der Waals surface area contributed by atoms with Crippen LogP contribution in [0.25, 0.3) is 5.52 Å². The van der Waals surface area contributed by atoms with Crippen LogP contribution in [-0.2, 0) is 4.79 Å². The van der Waals surface area contributed by atoms with Gasteiger partial charge in [-0.25, -0.2) is 9.97 Å². The van der Waals surface area contributed by atoms with Gasteiger partial charge in [0.05, 0.1) is 5.69 Å². The molecule has 2 aromatic rings. The van der Waals surface area contributed by atoms with Crippen LogP contribution in [0.15, 0.2) is 10.8 Å². The van der Waals surface area contributed by atoms with E-state index in [1.165, 1.54) is 0 Å². The highest BCUT2D eigenvalue weighted by molar-refractivity contribution is 9.10. The van der Waals surface area contributed by atoms with Gasteiger partial charge in [0, 0.05) is 25.0 Å². The fraction of sp³-hybridized carbons (Fsp3) is 0.364. The van der Waals surface area contributed by atoms with Gasteiger partial charge >= 0.3 is 0 Å². The van der Waals surface area contributed by atoms with Crippen LogP contribution in [0.2, 0.25) is 5.15 Å². The summed E-state index contributed by atoms with van der Waals surface area (Å²) in [4.78, 5) is 19.7. The van der Waals surface area contributed by atoms with Crippen molar-refractivity contribution in [3.8, 4) is 0 Å². The number of Topliss-reactive ketones (excluding diaryl/α,β-unsaturated/α-hetero) is 1. The molecule has 3 rings (SSSR count). The Morgan fingerprint density at radius 1 is 1.47 bits per heavy atom. The number of carbonyl (C=O) groups is 1. The Bertz CT molecular complexity index is 629. The Kier molecular flexibility index (Phi) is 2.48. The number of aryl methyl sites for hydroxylation is 1. The maximum Gasteiger partial charge on any atom is 0.156 e. The molecule has 0 spiro atoms. The first-order valence-corrected chi connectivity index (χ1v) is 6.45. The van der Waals surface area contributed by atoms with E-state index < -0.39 is 0 Å². The summed E-state index contributed by atoms with van der Waals surface area (Å²) < 4.78 is 2.62. The second-order valence-corrected chi connectivity index (χ2v) is 5.41. The molecule has 1 aliphatic rings. The monoisotopic (exact) mass is 313 g/mol. The zero-order chi connectivity index (χ0) is 12.2. The molecule has 2 aromatic heterocycles. The van der Waals surface area contributed by atoms with Crippen molar-refractivity contribution < 1.29 is 4.79 Å². The lowest BCUT2D eigenvalue weighted by Gasteiger charge is -2.22. The molecular formula is C11H9BrClN3O. The van der Waals surface area contributed by atoms with Crippen LogP contribution in [-0.4, -0.2) is 20.2 Å². The number of imidazole rings is 1. The van der Waals surface area contributed by atoms with E-state index in [0.29, 0.717) is 28.4 Å². The van der Waals surface area contributed by atoms with Crippen LogP contribution in [0, 0.1) is 6.92 Å². The van der Waals surface area contributed by atoms with E-state index in [2.05, 4.69) is 25.9 Å². The van der Waals surface area contributed by atoms with Crippen LogP contribution in [0.4, 0.5) is 0 Å². The summed E-state index contributed by atoms with van der Waals surface area (Å²) >= 11 is 9.50. The molecule has 1 fully saturated rings. The van der Waals surface area contributed by atoms with E-state index in [9.17, 15) is 4.79 Å². The first kappa shape index (κ1) is 11.2. The predicted molar refractivity (Wildman–Crippen MR) is 67.4 cm³/mol. The van der Waals surface area contributed by atoms with Gasteiger partial charge in [-0.1, -0.05) is 11.6 Å². The van der Waals surface area contributed by atoms with E-state index in [1.54, 1.807) is 0 Å². The first-order valence-electron chi connectivity index (χ1n) is 5.28. The number of ketones is 1. The summed E-state index contributed by atoms with van der Waals surface area (Å²) in [5.74, 6) is 1.39. The molecule has 1 aliphatic carbocycles. The topological polar surface area (TPSA) is 47.3 Å². The summed E-state index contributed by atoms with van der Waals surface area (Å²) in [7, 11) is 0. The van der Waals surface area contributed by atoms with Crippen molar-refractivity contribution in [1.82, 2.24) is 14.4 Å². The van der Waals surface area contributed by atoms with Crippen molar-refractivity contribution in [2.45, 2.75) is 25.7 Å². The normalized spacial score (nSPS) is 16.5. The molecule has 6 heteroatoms. The number of rotatable bonds is 1. The largest absolute Gasteiger partial charge is 0.300 e. The molecular weight excluding hydrogens is 305 g/mol. The smallest absolute Gasteiger partial charge is 0.156 e. The standard InChI is InChI=1S/C11H9BrClN3O/c1-5-4-16-8(10(13)14-5)9(12)15-11(16)6-2-7(17)3-6/h4,6H,2-3H2,1H3. The van der Waals surface area contributed by atoms with Crippen molar-refractivity contribution in [2.75, 3.05) is 0 Å². The van der Waals surface area contributed by atoms with Crippen LogP contribution in [0.5, 0.6) is 0 Å². The fourth-order valence-electron chi connectivity index (χ4n) is 2.12. The van der Waals surface area contributed by atoms with Gasteiger partial charge in [0.1, 0.15) is 21.7 Å². The lowest BCUT2D eigenvalue weighted by Crippen LogP contribution is -2.23. The molecule has 0 amide bonds. The quantitative estimate of drug-likeness (QED) is 0.813. The highest BCUT2D eigenvalue weighted by Gasteiger charge is 2.32. The Hall–Kier alpha value is -0.940. The van der Waals surface area contributed by atoms with Crippen molar-refractivity contribution in [3.05, 3.63) is 27.5 Å². The number of carbonyl (C=O) groups excluding carboxylic acids is 1. The van der Waals surface area contributed by atoms with E-state index in [4.69, 9.17) is 11.6 Å². The molecule has 0 radical (unpaired) electrons. The van der Waals surface area contributed by atoms with Crippen molar-refractivity contribution in [3.63, 3.8) is 0 Å². The van der Waals surface area contributed by atoms with Crippen molar-refractivity contribution in [2.24, 2.45) is 0 Å². The summed E-state index contributed by atoms with van der Waals surface area (Å²) in [5, 5.41) is 0.432. The van der Waals surface area contributed by atoms with Crippen LogP contribution >= 0.6 is 27.5 Å². The number of aromatic nitrogens is 3. The Labute approximate surface area is 111 Å². The van der Waals surface area contributed by atoms with E-state index in [1.807, 2.05) is 17.5 Å². The molecule has 2 heterocycles. The molecule has 0 aromatic carbocycles. The number of hydrogen-bond donors (Lipinski definition) is 0. The highest BCUT2D eigenvalue weighted by Crippen LogP contribution is 2.36. The van der Waals surface area contributed by atoms with E-state index >= 15 is 0 Å². The van der Waals surface area contributed by atoms with Gasteiger partial charge in [-0.3, -0.25) is 9.20 Å². The van der Waals surface area contributed by atoms with Crippen LogP contribution in [0.1, 0.15) is 30.3 Å². The molecule has 0 unspecified atom stereocenters. The SMILES string of the molecule is Cc1cn2c(C3CC(=O)C3)nc(Br)c2c(Cl)n1. The third-order valence-corrected chi connectivity index (χ3v) is 3.81. The maximum atomic E-state index is 11.1. The Morgan fingerprint density at radius 3 is 2.82 bits per heavy atom. The number of fused-ring (bicyclic) bond motifs is 1. The summed E-state index contributed by atoms with van der Waals surface area (Å²) in [6.45, 7) is 1.88. The second kappa shape index (κ2) is 3.78. The van der Waals surface area contributed by atoms with Gasteiger partial charge in [-0.2, -0.15) is 0 Å². The molecule has 4 nitrogen and oxygen atoms in total. The van der Waals surface area contributed by atoms with E-state index in [-0.39, 0.29) is 5.92 Å². The lowest BCUT2D eigenvalue weighted by molar-refractivity contribution is -0.124. The van der Waals surface area contributed by atoms with Crippen LogP contribution in [0.3, 0.4) is 0 Å². The molecule has 0 saturated heterocycles. The average Bonchev–Trinajstić information content (AvgIpc) is 2.51. The van der Waals surface area contributed by atoms with Gasteiger partial charge in [0.15, 0.2) is 5.15 Å². The molecule has 0 bridgehead atoms. The second-order valence-electron chi connectivity index (χ2n) is 4.30. The van der Waals surface area contributed by atoms with Crippen molar-refractivity contribution >= 4 is 38.8 Å². The maximum absolute atomic E-state index is 11.1. The van der Waals surface area contributed by atoms with Gasteiger partial charge in [-0.05, 0) is 22.9 Å². The molecule has 88 valence electrons. The summed E-state index contributed by atoms with van der Waals surface area (Å²) in [6.07, 6.45) is 3.05.